The highest BCUT2D eigenvalue weighted by Crippen LogP contribution is 2.66. The van der Waals surface area contributed by atoms with Crippen molar-refractivity contribution in [2.45, 2.75) is 78.2 Å². The topological polar surface area (TPSA) is 54.4 Å². The van der Waals surface area contributed by atoms with Crippen LogP contribution in [0.2, 0.25) is 0 Å². The van der Waals surface area contributed by atoms with Crippen molar-refractivity contribution in [1.29, 1.82) is 0 Å². The summed E-state index contributed by atoms with van der Waals surface area (Å²) in [5.74, 6) is 2.48. The molecule has 0 aliphatic heterocycles. The number of Topliss-reactive ketones (excluding diaryl/α,β-unsaturated/α-hetero) is 2. The van der Waals surface area contributed by atoms with E-state index < -0.39 is 0 Å². The van der Waals surface area contributed by atoms with Gasteiger partial charge in [0.1, 0.15) is 11.6 Å². The monoisotopic (exact) mass is 332 g/mol. The molecule has 0 aromatic carbocycles. The van der Waals surface area contributed by atoms with Crippen LogP contribution in [0.4, 0.5) is 0 Å². The highest BCUT2D eigenvalue weighted by molar-refractivity contribution is 5.87. The van der Waals surface area contributed by atoms with Gasteiger partial charge in [0, 0.05) is 18.3 Å². The third-order valence-corrected chi connectivity index (χ3v) is 8.81. The molecule has 4 fully saturated rings. The largest absolute Gasteiger partial charge is 0.393 e. The Hall–Kier alpha value is -0.700. The summed E-state index contributed by atoms with van der Waals surface area (Å²) < 4.78 is 0. The van der Waals surface area contributed by atoms with E-state index in [0.717, 1.165) is 44.9 Å². The number of hydrogen-bond acceptors (Lipinski definition) is 3. The van der Waals surface area contributed by atoms with Crippen LogP contribution in [0.3, 0.4) is 0 Å². The quantitative estimate of drug-likeness (QED) is 0.795. The van der Waals surface area contributed by atoms with E-state index in [2.05, 4.69) is 13.8 Å². The highest BCUT2D eigenvalue weighted by Gasteiger charge is 2.63. The summed E-state index contributed by atoms with van der Waals surface area (Å²) in [6.45, 7) is 6.28. The minimum absolute atomic E-state index is 0.0782. The van der Waals surface area contributed by atoms with E-state index in [1.165, 1.54) is 0 Å². The fourth-order valence-electron chi connectivity index (χ4n) is 7.72. The van der Waals surface area contributed by atoms with Gasteiger partial charge in [-0.1, -0.05) is 13.8 Å². The molecule has 4 rings (SSSR count). The number of carbonyl (C=O) groups is 2. The van der Waals surface area contributed by atoms with E-state index in [0.29, 0.717) is 30.0 Å². The lowest BCUT2D eigenvalue weighted by molar-refractivity contribution is -0.162. The second-order valence-electron chi connectivity index (χ2n) is 9.85. The van der Waals surface area contributed by atoms with Crippen LogP contribution in [0.1, 0.15) is 72.1 Å². The predicted molar refractivity (Wildman–Crippen MR) is 92.3 cm³/mol. The molecule has 4 aliphatic carbocycles. The Bertz CT molecular complexity index is 569. The summed E-state index contributed by atoms with van der Waals surface area (Å²) in [4.78, 5) is 25.5. The SMILES string of the molecule is CC(=O)[C@H]1CCC2C3CC[C@H]4C[C@@H](O)CC[C@]4(C)C3C(=O)C[C@@]21C. The molecule has 4 aliphatic rings. The summed E-state index contributed by atoms with van der Waals surface area (Å²) in [7, 11) is 0. The zero-order valence-electron chi connectivity index (χ0n) is 15.4. The molecule has 0 aromatic rings. The first-order valence-electron chi connectivity index (χ1n) is 9.98. The molecule has 24 heavy (non-hydrogen) atoms. The van der Waals surface area contributed by atoms with Gasteiger partial charge in [0.25, 0.3) is 0 Å². The van der Waals surface area contributed by atoms with Crippen molar-refractivity contribution < 1.29 is 14.7 Å². The summed E-state index contributed by atoms with van der Waals surface area (Å²) in [5.41, 5.74) is -0.0175. The fraction of sp³-hybridized carbons (Fsp3) is 0.905. The number of rotatable bonds is 1. The molecule has 0 radical (unpaired) electrons. The van der Waals surface area contributed by atoms with Gasteiger partial charge in [-0.15, -0.1) is 0 Å². The number of carbonyl (C=O) groups excluding carboxylic acids is 2. The lowest BCUT2D eigenvalue weighted by atomic mass is 9.44. The van der Waals surface area contributed by atoms with Gasteiger partial charge in [-0.2, -0.15) is 0 Å². The summed E-state index contributed by atoms with van der Waals surface area (Å²) in [6, 6.07) is 0. The molecule has 8 atom stereocenters. The van der Waals surface area contributed by atoms with Crippen LogP contribution in [0, 0.1) is 40.4 Å². The lowest BCUT2D eigenvalue weighted by Gasteiger charge is -2.59. The number of aliphatic hydroxyl groups excluding tert-OH is 1. The molecule has 0 amide bonds. The Morgan fingerprint density at radius 3 is 2.54 bits per heavy atom. The molecule has 3 nitrogen and oxygen atoms in total. The van der Waals surface area contributed by atoms with E-state index in [4.69, 9.17) is 0 Å². The molecular formula is C21H32O3. The third-order valence-electron chi connectivity index (χ3n) is 8.81. The number of aliphatic hydroxyl groups is 1. The van der Waals surface area contributed by atoms with E-state index in [1.807, 2.05) is 0 Å². The summed E-state index contributed by atoms with van der Waals surface area (Å²) in [6.07, 6.45) is 7.53. The zero-order valence-corrected chi connectivity index (χ0v) is 15.4. The Kier molecular flexibility index (Phi) is 3.77. The molecule has 3 unspecified atom stereocenters. The van der Waals surface area contributed by atoms with Gasteiger partial charge in [0.2, 0.25) is 0 Å². The maximum atomic E-state index is 13.3. The maximum Gasteiger partial charge on any atom is 0.137 e. The summed E-state index contributed by atoms with van der Waals surface area (Å²) in [5, 5.41) is 10.1. The number of fused-ring (bicyclic) bond motifs is 5. The fourth-order valence-corrected chi connectivity index (χ4v) is 7.72. The molecular weight excluding hydrogens is 300 g/mol. The minimum Gasteiger partial charge on any atom is -0.393 e. The standard InChI is InChI=1S/C21H32O3/c1-12(22)16-6-7-17-15-5-4-13-10-14(23)8-9-20(13,2)19(15)18(24)11-21(16,17)3/h13-17,19,23H,4-11H2,1-3H3/t13-,14-,15?,16+,17?,19?,20-,21+/m0/s1. The number of hydrogen-bond donors (Lipinski definition) is 1. The van der Waals surface area contributed by atoms with Crippen molar-refractivity contribution in [2.75, 3.05) is 0 Å². The molecule has 0 bridgehead atoms. The van der Waals surface area contributed by atoms with E-state index in [-0.39, 0.29) is 34.6 Å². The average molecular weight is 332 g/mol. The molecule has 0 aromatic heterocycles. The Morgan fingerprint density at radius 2 is 1.83 bits per heavy atom. The average Bonchev–Trinajstić information content (AvgIpc) is 2.84. The molecule has 0 saturated heterocycles. The van der Waals surface area contributed by atoms with Crippen molar-refractivity contribution in [3.8, 4) is 0 Å². The second kappa shape index (κ2) is 5.40. The lowest BCUT2D eigenvalue weighted by Crippen LogP contribution is -2.58. The van der Waals surface area contributed by atoms with Crippen molar-refractivity contribution in [3.05, 3.63) is 0 Å². The molecule has 134 valence electrons. The van der Waals surface area contributed by atoms with Gasteiger partial charge in [-0.25, -0.2) is 0 Å². The second-order valence-corrected chi connectivity index (χ2v) is 9.85. The van der Waals surface area contributed by atoms with Crippen LogP contribution in [0.25, 0.3) is 0 Å². The minimum atomic E-state index is -0.169. The zero-order chi connectivity index (χ0) is 17.3. The summed E-state index contributed by atoms with van der Waals surface area (Å²) >= 11 is 0. The predicted octanol–water partition coefficient (Wildman–Crippen LogP) is 3.77. The Morgan fingerprint density at radius 1 is 1.08 bits per heavy atom. The van der Waals surface area contributed by atoms with E-state index in [9.17, 15) is 14.7 Å². The van der Waals surface area contributed by atoms with Crippen molar-refractivity contribution in [3.63, 3.8) is 0 Å². The Balaban J connectivity index is 1.68. The first-order valence-corrected chi connectivity index (χ1v) is 9.98. The molecule has 0 heterocycles. The normalized spacial score (nSPS) is 53.9. The van der Waals surface area contributed by atoms with Crippen molar-refractivity contribution >= 4 is 11.6 Å². The van der Waals surface area contributed by atoms with Gasteiger partial charge in [0.05, 0.1) is 6.10 Å². The van der Waals surface area contributed by atoms with E-state index in [1.54, 1.807) is 6.92 Å². The highest BCUT2D eigenvalue weighted by atomic mass is 16.3. The molecule has 3 heteroatoms. The van der Waals surface area contributed by atoms with Gasteiger partial charge in [-0.05, 0) is 80.5 Å². The van der Waals surface area contributed by atoms with Gasteiger partial charge in [-0.3, -0.25) is 9.59 Å². The van der Waals surface area contributed by atoms with Crippen molar-refractivity contribution in [2.24, 2.45) is 40.4 Å². The Labute approximate surface area is 145 Å². The first kappa shape index (κ1) is 16.8. The molecule has 0 spiro atoms. The van der Waals surface area contributed by atoms with Gasteiger partial charge >= 0.3 is 0 Å². The van der Waals surface area contributed by atoms with Crippen molar-refractivity contribution in [1.82, 2.24) is 0 Å². The maximum absolute atomic E-state index is 13.3. The first-order chi connectivity index (χ1) is 11.3. The smallest absolute Gasteiger partial charge is 0.137 e. The van der Waals surface area contributed by atoms with Gasteiger partial charge in [0.15, 0.2) is 0 Å². The molecule has 4 saturated carbocycles. The molecule has 1 N–H and O–H groups in total. The third kappa shape index (κ3) is 2.12. The van der Waals surface area contributed by atoms with Crippen LogP contribution in [-0.4, -0.2) is 22.8 Å². The van der Waals surface area contributed by atoms with Crippen LogP contribution in [-0.2, 0) is 9.59 Å². The van der Waals surface area contributed by atoms with Crippen LogP contribution < -0.4 is 0 Å². The van der Waals surface area contributed by atoms with Gasteiger partial charge < -0.3 is 5.11 Å². The van der Waals surface area contributed by atoms with E-state index >= 15 is 0 Å². The van der Waals surface area contributed by atoms with Crippen LogP contribution in [0.15, 0.2) is 0 Å². The van der Waals surface area contributed by atoms with Crippen LogP contribution >= 0.6 is 0 Å². The van der Waals surface area contributed by atoms with Crippen LogP contribution in [0.5, 0.6) is 0 Å². The number of ketones is 2.